The Balaban J connectivity index is 2.55. The Morgan fingerprint density at radius 1 is 1.33 bits per heavy atom. The van der Waals surface area contributed by atoms with Gasteiger partial charge in [-0.25, -0.2) is 9.37 Å². The number of rotatable bonds is 1. The van der Waals surface area contributed by atoms with Crippen molar-refractivity contribution in [2.75, 3.05) is 5.73 Å². The van der Waals surface area contributed by atoms with Crippen LogP contribution in [-0.4, -0.2) is 15.2 Å². The van der Waals surface area contributed by atoms with Gasteiger partial charge in [0.2, 0.25) is 0 Å². The van der Waals surface area contributed by atoms with E-state index in [1.54, 1.807) is 0 Å². The van der Waals surface area contributed by atoms with Crippen LogP contribution in [0.4, 0.5) is 10.2 Å². The fourth-order valence-corrected chi connectivity index (χ4v) is 1.31. The summed E-state index contributed by atoms with van der Waals surface area (Å²) in [4.78, 5) is 3.77. The van der Waals surface area contributed by atoms with Gasteiger partial charge in [0.25, 0.3) is 0 Å². The van der Waals surface area contributed by atoms with Crippen LogP contribution in [0.2, 0.25) is 5.02 Å². The minimum absolute atomic E-state index is 0.0116. The molecule has 0 aliphatic carbocycles. The average molecular weight is 225 g/mol. The summed E-state index contributed by atoms with van der Waals surface area (Å²) in [5.41, 5.74) is 6.56. The van der Waals surface area contributed by atoms with E-state index >= 15 is 0 Å². The Labute approximate surface area is 89.9 Å². The predicted molar refractivity (Wildman–Crippen MR) is 54.6 cm³/mol. The molecule has 2 N–H and O–H groups in total. The molecule has 0 saturated heterocycles. The summed E-state index contributed by atoms with van der Waals surface area (Å²) in [5, 5.41) is 7.41. The van der Waals surface area contributed by atoms with Crippen molar-refractivity contribution < 1.29 is 4.39 Å². The average Bonchev–Trinajstić information content (AvgIpc) is 2.23. The highest BCUT2D eigenvalue weighted by atomic mass is 35.5. The zero-order chi connectivity index (χ0) is 10.8. The molecule has 0 aliphatic rings. The van der Waals surface area contributed by atoms with Gasteiger partial charge in [-0.05, 0) is 18.2 Å². The number of nitrogens with two attached hydrogens (primary N) is 1. The second kappa shape index (κ2) is 3.78. The first-order valence-corrected chi connectivity index (χ1v) is 4.45. The lowest BCUT2D eigenvalue weighted by Gasteiger charge is -2.02. The van der Waals surface area contributed by atoms with Gasteiger partial charge in [-0.3, -0.25) is 0 Å². The van der Waals surface area contributed by atoms with E-state index in [4.69, 9.17) is 17.3 Å². The third-order valence-corrected chi connectivity index (χ3v) is 2.13. The number of anilines is 1. The van der Waals surface area contributed by atoms with Crippen LogP contribution in [0.1, 0.15) is 0 Å². The van der Waals surface area contributed by atoms with Gasteiger partial charge in [0.05, 0.1) is 5.02 Å². The van der Waals surface area contributed by atoms with Gasteiger partial charge in [-0.1, -0.05) is 11.6 Å². The minimum Gasteiger partial charge on any atom is -0.382 e. The van der Waals surface area contributed by atoms with Crippen molar-refractivity contribution in [3.8, 4) is 11.3 Å². The zero-order valence-electron chi connectivity index (χ0n) is 7.48. The number of halogens is 2. The molecule has 15 heavy (non-hydrogen) atoms. The minimum atomic E-state index is -0.490. The molecule has 0 amide bonds. The van der Waals surface area contributed by atoms with Gasteiger partial charge in [-0.2, -0.15) is 0 Å². The Morgan fingerprint density at radius 2 is 2.13 bits per heavy atom. The molecule has 1 heterocycles. The van der Waals surface area contributed by atoms with E-state index in [-0.39, 0.29) is 10.8 Å². The molecular formula is C9H6ClFN4. The van der Waals surface area contributed by atoms with E-state index in [0.717, 1.165) is 0 Å². The number of hydrogen-bond donors (Lipinski definition) is 1. The number of benzene rings is 1. The van der Waals surface area contributed by atoms with Crippen LogP contribution < -0.4 is 5.73 Å². The Kier molecular flexibility index (Phi) is 2.47. The molecule has 76 valence electrons. The van der Waals surface area contributed by atoms with Crippen molar-refractivity contribution in [1.29, 1.82) is 0 Å². The number of aromatic nitrogens is 3. The third kappa shape index (κ3) is 1.87. The van der Waals surface area contributed by atoms with E-state index in [2.05, 4.69) is 15.2 Å². The Hall–Kier alpha value is -1.75. The Bertz CT molecular complexity index is 503. The van der Waals surface area contributed by atoms with Gasteiger partial charge in [0, 0.05) is 5.56 Å². The van der Waals surface area contributed by atoms with Crippen LogP contribution in [0.3, 0.4) is 0 Å². The molecule has 0 unspecified atom stereocenters. The highest BCUT2D eigenvalue weighted by Crippen LogP contribution is 2.25. The molecule has 0 radical (unpaired) electrons. The lowest BCUT2D eigenvalue weighted by Crippen LogP contribution is -1.98. The van der Waals surface area contributed by atoms with Crippen LogP contribution in [0.15, 0.2) is 24.5 Å². The lowest BCUT2D eigenvalue weighted by atomic mass is 10.1. The summed E-state index contributed by atoms with van der Waals surface area (Å²) in [6.07, 6.45) is 1.24. The molecule has 0 saturated carbocycles. The molecule has 0 bridgehead atoms. The van der Waals surface area contributed by atoms with E-state index in [1.807, 2.05) is 0 Å². The standard InChI is InChI=1S/C9H6ClFN4/c10-6-3-5(1-2-7(6)11)8-9(12)13-4-14-15-8/h1-4H,(H2,12,13,14). The zero-order valence-corrected chi connectivity index (χ0v) is 8.24. The summed E-state index contributed by atoms with van der Waals surface area (Å²) in [7, 11) is 0. The highest BCUT2D eigenvalue weighted by molar-refractivity contribution is 6.31. The molecule has 0 spiro atoms. The summed E-state index contributed by atoms with van der Waals surface area (Å²) in [6, 6.07) is 4.19. The first-order chi connectivity index (χ1) is 7.18. The SMILES string of the molecule is Nc1ncnnc1-c1ccc(F)c(Cl)c1. The predicted octanol–water partition coefficient (Wildman–Crippen LogP) is 1.91. The molecule has 2 aromatic rings. The maximum Gasteiger partial charge on any atom is 0.153 e. The fraction of sp³-hybridized carbons (Fsp3) is 0. The molecule has 2 rings (SSSR count). The van der Waals surface area contributed by atoms with Crippen molar-refractivity contribution in [2.45, 2.75) is 0 Å². The number of nitrogen functional groups attached to an aromatic ring is 1. The molecule has 0 fully saturated rings. The topological polar surface area (TPSA) is 64.7 Å². The maximum atomic E-state index is 12.9. The summed E-state index contributed by atoms with van der Waals surface area (Å²) >= 11 is 5.63. The van der Waals surface area contributed by atoms with Crippen molar-refractivity contribution in [2.24, 2.45) is 0 Å². The molecule has 1 aromatic heterocycles. The number of hydrogen-bond acceptors (Lipinski definition) is 4. The van der Waals surface area contributed by atoms with E-state index in [9.17, 15) is 4.39 Å². The highest BCUT2D eigenvalue weighted by Gasteiger charge is 2.08. The summed E-state index contributed by atoms with van der Waals surface area (Å²) < 4.78 is 12.9. The van der Waals surface area contributed by atoms with Gasteiger partial charge in [-0.15, -0.1) is 10.2 Å². The first kappa shape index (κ1) is 9.79. The van der Waals surface area contributed by atoms with Gasteiger partial charge in [0.15, 0.2) is 5.82 Å². The van der Waals surface area contributed by atoms with E-state index in [1.165, 1.54) is 24.5 Å². The molecule has 1 aromatic carbocycles. The van der Waals surface area contributed by atoms with Gasteiger partial charge < -0.3 is 5.73 Å². The van der Waals surface area contributed by atoms with Crippen molar-refractivity contribution >= 4 is 17.4 Å². The van der Waals surface area contributed by atoms with Crippen LogP contribution in [0, 0.1) is 5.82 Å². The monoisotopic (exact) mass is 224 g/mol. The quantitative estimate of drug-likeness (QED) is 0.804. The molecule has 0 aliphatic heterocycles. The first-order valence-electron chi connectivity index (χ1n) is 4.07. The number of nitrogens with zero attached hydrogens (tertiary/aromatic N) is 3. The fourth-order valence-electron chi connectivity index (χ4n) is 1.13. The molecule has 6 heteroatoms. The smallest absolute Gasteiger partial charge is 0.153 e. The van der Waals surface area contributed by atoms with Crippen LogP contribution in [0.25, 0.3) is 11.3 Å². The second-order valence-electron chi connectivity index (χ2n) is 2.82. The summed E-state index contributed by atoms with van der Waals surface area (Å²) in [5.74, 6) is -0.261. The van der Waals surface area contributed by atoms with Crippen molar-refractivity contribution in [3.63, 3.8) is 0 Å². The lowest BCUT2D eigenvalue weighted by molar-refractivity contribution is 0.628. The van der Waals surface area contributed by atoms with Crippen LogP contribution >= 0.6 is 11.6 Å². The van der Waals surface area contributed by atoms with Gasteiger partial charge in [0.1, 0.15) is 17.8 Å². The van der Waals surface area contributed by atoms with E-state index < -0.39 is 5.82 Å². The van der Waals surface area contributed by atoms with Crippen molar-refractivity contribution in [3.05, 3.63) is 35.4 Å². The van der Waals surface area contributed by atoms with Crippen LogP contribution in [0.5, 0.6) is 0 Å². The normalized spacial score (nSPS) is 10.3. The second-order valence-corrected chi connectivity index (χ2v) is 3.23. The largest absolute Gasteiger partial charge is 0.382 e. The van der Waals surface area contributed by atoms with Crippen LogP contribution in [-0.2, 0) is 0 Å². The van der Waals surface area contributed by atoms with Gasteiger partial charge >= 0.3 is 0 Å². The summed E-state index contributed by atoms with van der Waals surface area (Å²) in [6.45, 7) is 0. The Morgan fingerprint density at radius 3 is 2.80 bits per heavy atom. The maximum absolute atomic E-state index is 12.9. The van der Waals surface area contributed by atoms with E-state index in [0.29, 0.717) is 11.3 Å². The van der Waals surface area contributed by atoms with Crippen molar-refractivity contribution in [1.82, 2.24) is 15.2 Å². The molecular weight excluding hydrogens is 219 g/mol. The molecule has 0 atom stereocenters. The third-order valence-electron chi connectivity index (χ3n) is 1.84. The molecule has 4 nitrogen and oxygen atoms in total.